The van der Waals surface area contributed by atoms with Crippen LogP contribution in [0.15, 0.2) is 91.0 Å². The highest BCUT2D eigenvalue weighted by Gasteiger charge is 2.49. The first-order valence-corrected chi connectivity index (χ1v) is 12.1. The van der Waals surface area contributed by atoms with Crippen LogP contribution in [-0.4, -0.2) is 5.60 Å². The van der Waals surface area contributed by atoms with E-state index in [9.17, 15) is 0 Å². The highest BCUT2D eigenvalue weighted by atomic mass is 16.5. The summed E-state index contributed by atoms with van der Waals surface area (Å²) in [6.07, 6.45) is 4.25. The zero-order chi connectivity index (χ0) is 21.8. The van der Waals surface area contributed by atoms with E-state index < -0.39 is 0 Å². The molecule has 0 N–H and O–H groups in total. The SMILES string of the molecule is CCC1(CC)CC2CC(c3ccccc3)(c3ccccc3)c3cccc4ccc(c2c34)O1. The summed E-state index contributed by atoms with van der Waals surface area (Å²) < 4.78 is 6.76. The molecule has 4 aromatic carbocycles. The van der Waals surface area contributed by atoms with Crippen molar-refractivity contribution in [3.8, 4) is 5.75 Å². The van der Waals surface area contributed by atoms with Gasteiger partial charge in [0.2, 0.25) is 0 Å². The Morgan fingerprint density at radius 3 is 2.00 bits per heavy atom. The Morgan fingerprint density at radius 2 is 1.38 bits per heavy atom. The monoisotopic (exact) mass is 418 g/mol. The Balaban J connectivity index is 1.73. The van der Waals surface area contributed by atoms with Crippen LogP contribution in [0.3, 0.4) is 0 Å². The van der Waals surface area contributed by atoms with Gasteiger partial charge in [-0.3, -0.25) is 0 Å². The largest absolute Gasteiger partial charge is 0.487 e. The quantitative estimate of drug-likeness (QED) is 0.326. The molecule has 0 bridgehead atoms. The summed E-state index contributed by atoms with van der Waals surface area (Å²) in [7, 11) is 0. The summed E-state index contributed by atoms with van der Waals surface area (Å²) in [5.74, 6) is 1.58. The second kappa shape index (κ2) is 7.24. The lowest BCUT2D eigenvalue weighted by molar-refractivity contribution is 0.0245. The minimum absolute atomic E-state index is 0.0727. The van der Waals surface area contributed by atoms with Gasteiger partial charge < -0.3 is 4.74 Å². The maximum Gasteiger partial charge on any atom is 0.124 e. The average Bonchev–Trinajstić information content (AvgIpc) is 2.87. The molecule has 1 aliphatic carbocycles. The molecule has 0 amide bonds. The summed E-state index contributed by atoms with van der Waals surface area (Å²) in [5, 5.41) is 2.74. The molecule has 1 heterocycles. The van der Waals surface area contributed by atoms with Crippen LogP contribution in [0.4, 0.5) is 0 Å². The van der Waals surface area contributed by atoms with Crippen molar-refractivity contribution in [3.05, 3.63) is 113 Å². The number of ether oxygens (including phenoxy) is 1. The predicted molar refractivity (Wildman–Crippen MR) is 133 cm³/mol. The van der Waals surface area contributed by atoms with E-state index in [1.54, 1.807) is 0 Å². The van der Waals surface area contributed by atoms with Crippen LogP contribution in [0.2, 0.25) is 0 Å². The summed E-state index contributed by atoms with van der Waals surface area (Å²) in [6.45, 7) is 4.57. The number of hydrogen-bond donors (Lipinski definition) is 0. The second-order valence-electron chi connectivity index (χ2n) is 9.62. The molecule has 32 heavy (non-hydrogen) atoms. The molecule has 0 spiro atoms. The molecule has 160 valence electrons. The van der Waals surface area contributed by atoms with Crippen molar-refractivity contribution in [1.29, 1.82) is 0 Å². The van der Waals surface area contributed by atoms with E-state index in [2.05, 4.69) is 105 Å². The number of rotatable bonds is 4. The Morgan fingerprint density at radius 1 is 0.719 bits per heavy atom. The molecule has 1 heteroatoms. The Hall–Kier alpha value is -3.06. The van der Waals surface area contributed by atoms with Crippen molar-refractivity contribution in [2.45, 2.75) is 56.5 Å². The zero-order valence-corrected chi connectivity index (χ0v) is 19.0. The van der Waals surface area contributed by atoms with Gasteiger partial charge in [0.05, 0.1) is 0 Å². The van der Waals surface area contributed by atoms with E-state index in [1.165, 1.54) is 33.0 Å². The van der Waals surface area contributed by atoms with Gasteiger partial charge in [-0.25, -0.2) is 0 Å². The summed E-state index contributed by atoms with van der Waals surface area (Å²) in [4.78, 5) is 0. The van der Waals surface area contributed by atoms with Crippen molar-refractivity contribution >= 4 is 10.8 Å². The standard InChI is InChI=1S/C31H30O/c1-3-30(4-2)20-23-21-31(24-13-7-5-8-14-24,25-15-9-6-10-16-25)26-17-11-12-22-18-19-27(32-30)29(23)28(22)26/h5-19,23H,3-4,20-21H2,1-2H3. The normalized spacial score (nSPS) is 20.0. The molecule has 0 radical (unpaired) electrons. The first-order chi connectivity index (χ1) is 15.7. The van der Waals surface area contributed by atoms with Crippen LogP contribution in [0.1, 0.15) is 67.7 Å². The van der Waals surface area contributed by atoms with E-state index in [0.29, 0.717) is 5.92 Å². The van der Waals surface area contributed by atoms with Crippen LogP contribution in [0.5, 0.6) is 5.75 Å². The van der Waals surface area contributed by atoms with Crippen LogP contribution < -0.4 is 4.74 Å². The summed E-state index contributed by atoms with van der Waals surface area (Å²) in [6, 6.07) is 33.7. The van der Waals surface area contributed by atoms with E-state index in [-0.39, 0.29) is 11.0 Å². The van der Waals surface area contributed by atoms with Crippen molar-refractivity contribution in [2.24, 2.45) is 0 Å². The third kappa shape index (κ3) is 2.64. The van der Waals surface area contributed by atoms with E-state index in [1.807, 2.05) is 0 Å². The summed E-state index contributed by atoms with van der Waals surface area (Å²) in [5.41, 5.74) is 5.40. The Kier molecular flexibility index (Phi) is 4.43. The van der Waals surface area contributed by atoms with Gasteiger partial charge in [0.1, 0.15) is 11.4 Å². The van der Waals surface area contributed by atoms with Crippen molar-refractivity contribution in [3.63, 3.8) is 0 Å². The van der Waals surface area contributed by atoms with Crippen LogP contribution in [-0.2, 0) is 5.41 Å². The Bertz CT molecular complexity index is 1230. The lowest BCUT2D eigenvalue weighted by Gasteiger charge is -2.49. The van der Waals surface area contributed by atoms with Gasteiger partial charge in [0, 0.05) is 11.0 Å². The smallest absolute Gasteiger partial charge is 0.124 e. The first-order valence-electron chi connectivity index (χ1n) is 12.1. The molecule has 2 aliphatic rings. The van der Waals surface area contributed by atoms with E-state index >= 15 is 0 Å². The molecule has 0 fully saturated rings. The maximum atomic E-state index is 6.76. The Labute approximate surface area is 191 Å². The minimum atomic E-state index is -0.164. The average molecular weight is 419 g/mol. The van der Waals surface area contributed by atoms with Crippen LogP contribution in [0, 0.1) is 0 Å². The fourth-order valence-electron chi connectivity index (χ4n) is 6.56. The van der Waals surface area contributed by atoms with Gasteiger partial charge in [-0.1, -0.05) is 98.8 Å². The minimum Gasteiger partial charge on any atom is -0.487 e. The fraction of sp³-hybridized carbons (Fsp3) is 0.290. The number of benzene rings is 4. The fourth-order valence-corrected chi connectivity index (χ4v) is 6.56. The molecule has 6 rings (SSSR count). The lowest BCUT2D eigenvalue weighted by atomic mass is 9.57. The van der Waals surface area contributed by atoms with E-state index in [0.717, 1.165) is 31.4 Å². The predicted octanol–water partition coefficient (Wildman–Crippen LogP) is 8.00. The zero-order valence-electron chi connectivity index (χ0n) is 19.0. The van der Waals surface area contributed by atoms with Crippen molar-refractivity contribution in [2.75, 3.05) is 0 Å². The second-order valence-corrected chi connectivity index (χ2v) is 9.62. The maximum absolute atomic E-state index is 6.76. The molecular formula is C31H30O. The summed E-state index contributed by atoms with van der Waals surface area (Å²) >= 11 is 0. The lowest BCUT2D eigenvalue weighted by Crippen LogP contribution is -2.44. The van der Waals surface area contributed by atoms with E-state index in [4.69, 9.17) is 4.74 Å². The van der Waals surface area contributed by atoms with Crippen molar-refractivity contribution < 1.29 is 4.74 Å². The topological polar surface area (TPSA) is 9.23 Å². The van der Waals surface area contributed by atoms with Gasteiger partial charge >= 0.3 is 0 Å². The molecule has 0 aromatic heterocycles. The third-order valence-electron chi connectivity index (χ3n) is 8.23. The van der Waals surface area contributed by atoms with Gasteiger partial charge in [-0.05, 0) is 65.1 Å². The highest BCUT2D eigenvalue weighted by molar-refractivity contribution is 5.94. The van der Waals surface area contributed by atoms with Crippen LogP contribution in [0.25, 0.3) is 10.8 Å². The van der Waals surface area contributed by atoms with Crippen LogP contribution >= 0.6 is 0 Å². The van der Waals surface area contributed by atoms with Gasteiger partial charge in [0.15, 0.2) is 0 Å². The molecule has 0 saturated carbocycles. The number of hydrogen-bond acceptors (Lipinski definition) is 1. The highest BCUT2D eigenvalue weighted by Crippen LogP contribution is 2.59. The van der Waals surface area contributed by atoms with Gasteiger partial charge in [-0.2, -0.15) is 0 Å². The molecule has 4 aromatic rings. The van der Waals surface area contributed by atoms with Gasteiger partial charge in [-0.15, -0.1) is 0 Å². The molecular weight excluding hydrogens is 388 g/mol. The molecule has 0 saturated heterocycles. The molecule has 1 unspecified atom stereocenters. The molecule has 1 nitrogen and oxygen atoms in total. The third-order valence-corrected chi connectivity index (χ3v) is 8.23. The van der Waals surface area contributed by atoms with Crippen molar-refractivity contribution in [1.82, 2.24) is 0 Å². The molecule has 1 atom stereocenters. The first kappa shape index (κ1) is 19.6. The van der Waals surface area contributed by atoms with Gasteiger partial charge in [0.25, 0.3) is 0 Å². The molecule has 1 aliphatic heterocycles.